The third-order valence-electron chi connectivity index (χ3n) is 4.42. The summed E-state index contributed by atoms with van der Waals surface area (Å²) in [6.45, 7) is 0.137. The van der Waals surface area contributed by atoms with Gasteiger partial charge in [-0.2, -0.15) is 0 Å². The normalized spacial score (nSPS) is 11.5. The topological polar surface area (TPSA) is 84.9 Å². The molecule has 30 heavy (non-hydrogen) atoms. The van der Waals surface area contributed by atoms with Crippen molar-refractivity contribution in [2.24, 2.45) is 0 Å². The lowest BCUT2D eigenvalue weighted by Gasteiger charge is -2.15. The van der Waals surface area contributed by atoms with E-state index in [1.165, 1.54) is 0 Å². The van der Waals surface area contributed by atoms with Gasteiger partial charge in [0.1, 0.15) is 6.61 Å². The summed E-state index contributed by atoms with van der Waals surface area (Å²) in [5, 5.41) is 11.6. The molecule has 0 spiro atoms. The van der Waals surface area contributed by atoms with Crippen LogP contribution in [0.25, 0.3) is 11.1 Å². The summed E-state index contributed by atoms with van der Waals surface area (Å²) in [5.41, 5.74) is 3.88. The molecule has 0 aromatic heterocycles. The number of hydrogen-bond donors (Lipinski definition) is 2. The molecule has 6 heteroatoms. The number of hydrogen-bond acceptors (Lipinski definition) is 4. The molecule has 3 rings (SSSR count). The van der Waals surface area contributed by atoms with Crippen molar-refractivity contribution in [1.82, 2.24) is 5.32 Å². The molecule has 2 N–H and O–H groups in total. The first-order chi connectivity index (χ1) is 14.6. The van der Waals surface area contributed by atoms with Gasteiger partial charge in [0.25, 0.3) is 0 Å². The first-order valence-corrected chi connectivity index (χ1v) is 9.54. The van der Waals surface area contributed by atoms with Crippen molar-refractivity contribution in [1.29, 1.82) is 0 Å². The zero-order valence-corrected chi connectivity index (χ0v) is 16.4. The molecule has 0 saturated carbocycles. The molecule has 0 bridgehead atoms. The maximum atomic E-state index is 12.0. The lowest BCUT2D eigenvalue weighted by Crippen LogP contribution is -2.44. The molecule has 0 saturated heterocycles. The monoisotopic (exact) mass is 405 g/mol. The number of amides is 1. The van der Waals surface area contributed by atoms with Gasteiger partial charge in [-0.1, -0.05) is 84.9 Å². The molecular formula is C24H23NO5. The van der Waals surface area contributed by atoms with Gasteiger partial charge < -0.3 is 19.9 Å². The van der Waals surface area contributed by atoms with Crippen molar-refractivity contribution < 1.29 is 24.2 Å². The minimum Gasteiger partial charge on any atom is -0.480 e. The van der Waals surface area contributed by atoms with Crippen LogP contribution in [0.1, 0.15) is 11.1 Å². The zero-order valence-electron chi connectivity index (χ0n) is 16.4. The molecule has 3 aromatic rings. The van der Waals surface area contributed by atoms with Crippen molar-refractivity contribution in [3.8, 4) is 11.1 Å². The van der Waals surface area contributed by atoms with Crippen LogP contribution in [0, 0.1) is 0 Å². The Balaban J connectivity index is 1.45. The number of alkyl carbamates (subject to hydrolysis) is 1. The van der Waals surface area contributed by atoms with Crippen LogP contribution >= 0.6 is 0 Å². The number of carboxylic acids is 1. The van der Waals surface area contributed by atoms with Gasteiger partial charge in [0.15, 0.2) is 6.04 Å². The maximum Gasteiger partial charge on any atom is 0.408 e. The van der Waals surface area contributed by atoms with E-state index in [0.717, 1.165) is 22.3 Å². The Bertz CT molecular complexity index is 942. The molecular weight excluding hydrogens is 382 g/mol. The van der Waals surface area contributed by atoms with E-state index in [1.807, 2.05) is 84.9 Å². The second-order valence-corrected chi connectivity index (χ2v) is 6.67. The van der Waals surface area contributed by atoms with E-state index >= 15 is 0 Å². The number of rotatable bonds is 9. The third-order valence-corrected chi connectivity index (χ3v) is 4.42. The highest BCUT2D eigenvalue weighted by atomic mass is 16.5. The highest BCUT2D eigenvalue weighted by Crippen LogP contribution is 2.19. The quantitative estimate of drug-likeness (QED) is 0.556. The zero-order chi connectivity index (χ0) is 21.2. The van der Waals surface area contributed by atoms with Crippen molar-refractivity contribution >= 4 is 12.1 Å². The Morgan fingerprint density at radius 1 is 0.767 bits per heavy atom. The van der Waals surface area contributed by atoms with E-state index in [2.05, 4.69) is 5.32 Å². The molecule has 154 valence electrons. The number of ether oxygens (including phenoxy) is 2. The predicted molar refractivity (Wildman–Crippen MR) is 113 cm³/mol. The van der Waals surface area contributed by atoms with Crippen LogP contribution in [0.2, 0.25) is 0 Å². The Kier molecular flexibility index (Phi) is 7.58. The molecule has 3 aromatic carbocycles. The molecule has 1 atom stereocenters. The minimum atomic E-state index is -1.19. The Labute approximate surface area is 175 Å². The average molecular weight is 405 g/mol. The van der Waals surface area contributed by atoms with Gasteiger partial charge in [-0.15, -0.1) is 0 Å². The van der Waals surface area contributed by atoms with E-state index < -0.39 is 18.1 Å². The largest absolute Gasteiger partial charge is 0.480 e. The van der Waals surface area contributed by atoms with Gasteiger partial charge in [0.2, 0.25) is 0 Å². The molecule has 1 amide bonds. The molecule has 6 nitrogen and oxygen atoms in total. The Hall–Kier alpha value is -3.64. The molecule has 0 radical (unpaired) electrons. The van der Waals surface area contributed by atoms with Crippen LogP contribution < -0.4 is 5.32 Å². The van der Waals surface area contributed by atoms with Crippen LogP contribution in [0.3, 0.4) is 0 Å². The third kappa shape index (κ3) is 6.46. The summed E-state index contributed by atoms with van der Waals surface area (Å²) in [6.07, 6.45) is -0.808. The number of carbonyl (C=O) groups is 2. The summed E-state index contributed by atoms with van der Waals surface area (Å²) in [7, 11) is 0. The summed E-state index contributed by atoms with van der Waals surface area (Å²) in [4.78, 5) is 23.4. The van der Waals surface area contributed by atoms with Gasteiger partial charge in [-0.3, -0.25) is 0 Å². The average Bonchev–Trinajstić information content (AvgIpc) is 2.78. The summed E-state index contributed by atoms with van der Waals surface area (Å²) in [5.74, 6) is -1.19. The number of aliphatic carboxylic acids is 1. The van der Waals surface area contributed by atoms with Crippen molar-refractivity contribution in [3.05, 3.63) is 96.1 Å². The van der Waals surface area contributed by atoms with E-state index in [9.17, 15) is 14.7 Å². The van der Waals surface area contributed by atoms with Gasteiger partial charge >= 0.3 is 12.1 Å². The molecule has 0 aliphatic carbocycles. The fourth-order valence-electron chi connectivity index (χ4n) is 2.80. The van der Waals surface area contributed by atoms with Crippen LogP contribution in [-0.2, 0) is 27.5 Å². The van der Waals surface area contributed by atoms with Crippen LogP contribution in [0.5, 0.6) is 0 Å². The summed E-state index contributed by atoms with van der Waals surface area (Å²) < 4.78 is 10.6. The number of nitrogens with one attached hydrogen (secondary N) is 1. The fraction of sp³-hybridized carbons (Fsp3) is 0.167. The van der Waals surface area contributed by atoms with Crippen molar-refractivity contribution in [3.63, 3.8) is 0 Å². The molecule has 0 aliphatic heterocycles. The lowest BCUT2D eigenvalue weighted by atomic mass is 10.0. The Morgan fingerprint density at radius 2 is 1.33 bits per heavy atom. The van der Waals surface area contributed by atoms with Crippen molar-refractivity contribution in [2.45, 2.75) is 19.3 Å². The van der Waals surface area contributed by atoms with Gasteiger partial charge in [-0.05, 0) is 22.3 Å². The van der Waals surface area contributed by atoms with E-state index in [-0.39, 0.29) is 19.8 Å². The molecule has 0 fully saturated rings. The number of carboxylic acid groups (broad SMARTS) is 1. The first-order valence-electron chi connectivity index (χ1n) is 9.54. The fourth-order valence-corrected chi connectivity index (χ4v) is 2.80. The molecule has 1 unspecified atom stereocenters. The second-order valence-electron chi connectivity index (χ2n) is 6.67. The Morgan fingerprint density at radius 3 is 1.97 bits per heavy atom. The maximum absolute atomic E-state index is 12.0. The number of benzene rings is 3. The smallest absolute Gasteiger partial charge is 0.408 e. The van der Waals surface area contributed by atoms with Crippen molar-refractivity contribution in [2.75, 3.05) is 6.61 Å². The van der Waals surface area contributed by atoms with E-state index in [0.29, 0.717) is 0 Å². The van der Waals surface area contributed by atoms with Crippen LogP contribution in [0.4, 0.5) is 4.79 Å². The van der Waals surface area contributed by atoms with Crippen LogP contribution in [0.15, 0.2) is 84.9 Å². The SMILES string of the molecule is O=C(NC(COCc1ccccc1)C(=O)O)OCc1ccc(-c2ccccc2)cc1. The highest BCUT2D eigenvalue weighted by Gasteiger charge is 2.21. The molecule has 0 aliphatic rings. The van der Waals surface area contributed by atoms with E-state index in [1.54, 1.807) is 0 Å². The van der Waals surface area contributed by atoms with Gasteiger partial charge in [-0.25, -0.2) is 9.59 Å². The summed E-state index contributed by atoms with van der Waals surface area (Å²) >= 11 is 0. The highest BCUT2D eigenvalue weighted by molar-refractivity contribution is 5.80. The van der Waals surface area contributed by atoms with Gasteiger partial charge in [0.05, 0.1) is 13.2 Å². The summed E-state index contributed by atoms with van der Waals surface area (Å²) in [6, 6.07) is 25.8. The minimum absolute atomic E-state index is 0.0398. The first kappa shape index (κ1) is 21.1. The standard InChI is InChI=1S/C24H23NO5/c26-23(27)22(17-29-15-18-7-3-1-4-8-18)25-24(28)30-16-19-11-13-21(14-12-19)20-9-5-2-6-10-20/h1-14,22H,15-17H2,(H,25,28)(H,26,27). The second kappa shape index (κ2) is 10.8. The molecule has 0 heterocycles. The van der Waals surface area contributed by atoms with Gasteiger partial charge in [0, 0.05) is 0 Å². The van der Waals surface area contributed by atoms with Crippen LogP contribution in [-0.4, -0.2) is 29.8 Å². The van der Waals surface area contributed by atoms with E-state index in [4.69, 9.17) is 9.47 Å². The predicted octanol–water partition coefficient (Wildman–Crippen LogP) is 4.25. The number of carbonyl (C=O) groups excluding carboxylic acids is 1. The lowest BCUT2D eigenvalue weighted by molar-refractivity contribution is -0.141.